The lowest BCUT2D eigenvalue weighted by Gasteiger charge is -2.19. The molecule has 0 bridgehead atoms. The number of nitrogens with zero attached hydrogens (tertiary/aromatic N) is 4. The van der Waals surface area contributed by atoms with Crippen molar-refractivity contribution in [3.05, 3.63) is 140 Å². The van der Waals surface area contributed by atoms with E-state index in [2.05, 4.69) is 52.9 Å². The van der Waals surface area contributed by atoms with Gasteiger partial charge in [0, 0.05) is 39.3 Å². The molecule has 0 fully saturated rings. The van der Waals surface area contributed by atoms with Gasteiger partial charge in [-0.1, -0.05) is 103 Å². The second-order valence-electron chi connectivity index (χ2n) is 10.1. The monoisotopic (exact) mass is 546 g/mol. The summed E-state index contributed by atoms with van der Waals surface area (Å²) in [5, 5.41) is 5.44. The number of rotatable bonds is 4. The van der Waals surface area contributed by atoms with E-state index in [9.17, 15) is 4.57 Å². The van der Waals surface area contributed by atoms with Crippen LogP contribution in [0.15, 0.2) is 140 Å². The van der Waals surface area contributed by atoms with E-state index in [1.165, 1.54) is 0 Å². The Morgan fingerprint density at radius 1 is 0.537 bits per heavy atom. The molecule has 0 spiro atoms. The van der Waals surface area contributed by atoms with Crippen molar-refractivity contribution in [2.45, 2.75) is 0 Å². The molecule has 41 heavy (non-hydrogen) atoms. The van der Waals surface area contributed by atoms with Gasteiger partial charge < -0.3 is 4.57 Å². The second kappa shape index (κ2) is 9.22. The summed E-state index contributed by atoms with van der Waals surface area (Å²) in [7, 11) is -3.14. The largest absolute Gasteiger partial charge is 0.309 e. The Kier molecular flexibility index (Phi) is 5.34. The van der Waals surface area contributed by atoms with Gasteiger partial charge in [0.15, 0.2) is 13.0 Å². The third-order valence-electron chi connectivity index (χ3n) is 7.76. The standard InChI is InChI=1S/C35H23N4OP/c40-41(25-11-3-1-4-12-25,26-13-5-2-6-14-26)27-22-36-34(37-23-27)24-19-20-28-29-15-7-9-17-32(29)39-33-18-10-8-16-31(33)38-35(39)30(28)21-24/h1-23H. The molecule has 0 saturated heterocycles. The average molecular weight is 547 g/mol. The van der Waals surface area contributed by atoms with Gasteiger partial charge in [0.2, 0.25) is 0 Å². The summed E-state index contributed by atoms with van der Waals surface area (Å²) in [5.41, 5.74) is 4.92. The smallest absolute Gasteiger partial charge is 0.174 e. The Morgan fingerprint density at radius 2 is 1.15 bits per heavy atom. The van der Waals surface area contributed by atoms with E-state index in [1.807, 2.05) is 78.9 Å². The molecule has 6 heteroatoms. The molecule has 5 nitrogen and oxygen atoms in total. The number of imidazole rings is 1. The molecule has 0 saturated carbocycles. The van der Waals surface area contributed by atoms with Gasteiger partial charge in [0.1, 0.15) is 5.65 Å². The summed E-state index contributed by atoms with van der Waals surface area (Å²) >= 11 is 0. The maximum Gasteiger partial charge on any atom is 0.174 e. The Balaban J connectivity index is 1.31. The summed E-state index contributed by atoms with van der Waals surface area (Å²) in [4.78, 5) is 14.5. The van der Waals surface area contributed by atoms with E-state index >= 15 is 0 Å². The molecule has 5 aromatic carbocycles. The Hall–Kier alpha value is -5.12. The summed E-state index contributed by atoms with van der Waals surface area (Å²) in [6.45, 7) is 0. The van der Waals surface area contributed by atoms with E-state index in [-0.39, 0.29) is 0 Å². The van der Waals surface area contributed by atoms with Crippen LogP contribution in [0.2, 0.25) is 0 Å². The van der Waals surface area contributed by atoms with Crippen molar-refractivity contribution in [1.82, 2.24) is 19.4 Å². The third-order valence-corrected chi connectivity index (χ3v) is 10.8. The molecule has 3 aromatic heterocycles. The van der Waals surface area contributed by atoms with E-state index in [0.717, 1.165) is 54.5 Å². The number of fused-ring (bicyclic) bond motifs is 8. The van der Waals surface area contributed by atoms with Crippen LogP contribution >= 0.6 is 7.14 Å². The van der Waals surface area contributed by atoms with Gasteiger partial charge in [-0.3, -0.25) is 4.40 Å². The Labute approximate surface area is 236 Å². The number of hydrogen-bond donors (Lipinski definition) is 0. The Morgan fingerprint density at radius 3 is 1.85 bits per heavy atom. The maximum atomic E-state index is 14.7. The minimum atomic E-state index is -3.14. The van der Waals surface area contributed by atoms with E-state index in [4.69, 9.17) is 15.0 Å². The lowest BCUT2D eigenvalue weighted by Crippen LogP contribution is -2.25. The van der Waals surface area contributed by atoms with Crippen LogP contribution in [0.1, 0.15) is 0 Å². The molecule has 0 aliphatic carbocycles. The molecule has 0 radical (unpaired) electrons. The normalized spacial score (nSPS) is 12.0. The minimum absolute atomic E-state index is 0.575. The van der Waals surface area contributed by atoms with Crippen LogP contribution in [0.25, 0.3) is 49.7 Å². The molecule has 194 valence electrons. The van der Waals surface area contributed by atoms with Gasteiger partial charge in [-0.15, -0.1) is 0 Å². The van der Waals surface area contributed by atoms with Crippen molar-refractivity contribution >= 4 is 61.4 Å². The predicted molar refractivity (Wildman–Crippen MR) is 168 cm³/mol. The van der Waals surface area contributed by atoms with E-state index < -0.39 is 7.14 Å². The van der Waals surface area contributed by atoms with Crippen LogP contribution in [-0.4, -0.2) is 19.4 Å². The fourth-order valence-corrected chi connectivity index (χ4v) is 8.33. The van der Waals surface area contributed by atoms with Gasteiger partial charge in [-0.25, -0.2) is 15.0 Å². The van der Waals surface area contributed by atoms with Gasteiger partial charge in [0.25, 0.3) is 0 Å². The maximum absolute atomic E-state index is 14.7. The molecular weight excluding hydrogens is 523 g/mol. The van der Waals surface area contributed by atoms with Crippen LogP contribution in [0.4, 0.5) is 0 Å². The average Bonchev–Trinajstić information content (AvgIpc) is 3.45. The number of hydrogen-bond acceptors (Lipinski definition) is 4. The van der Waals surface area contributed by atoms with Gasteiger partial charge in [-0.2, -0.15) is 0 Å². The molecule has 0 atom stereocenters. The first-order chi connectivity index (χ1) is 20.2. The molecule has 0 unspecified atom stereocenters. The third kappa shape index (κ3) is 3.63. The lowest BCUT2D eigenvalue weighted by atomic mass is 10.0. The highest BCUT2D eigenvalue weighted by Crippen LogP contribution is 2.42. The van der Waals surface area contributed by atoms with Crippen LogP contribution in [0.3, 0.4) is 0 Å². The van der Waals surface area contributed by atoms with Crippen LogP contribution < -0.4 is 15.9 Å². The zero-order valence-corrected chi connectivity index (χ0v) is 22.8. The van der Waals surface area contributed by atoms with Gasteiger partial charge >= 0.3 is 0 Å². The van der Waals surface area contributed by atoms with Crippen molar-refractivity contribution < 1.29 is 4.57 Å². The highest BCUT2D eigenvalue weighted by Gasteiger charge is 2.30. The first-order valence-corrected chi connectivity index (χ1v) is 15.2. The zero-order valence-electron chi connectivity index (χ0n) is 21.9. The van der Waals surface area contributed by atoms with Crippen molar-refractivity contribution in [1.29, 1.82) is 0 Å². The number of para-hydroxylation sites is 3. The fraction of sp³-hybridized carbons (Fsp3) is 0. The number of benzene rings is 5. The van der Waals surface area contributed by atoms with Crippen LogP contribution in [0, 0.1) is 0 Å². The Bertz CT molecular complexity index is 2230. The van der Waals surface area contributed by atoms with Crippen molar-refractivity contribution in [3.8, 4) is 11.4 Å². The minimum Gasteiger partial charge on any atom is -0.309 e. The lowest BCUT2D eigenvalue weighted by molar-refractivity contribution is 0.592. The molecule has 0 aliphatic rings. The van der Waals surface area contributed by atoms with Crippen LogP contribution in [0.5, 0.6) is 0 Å². The topological polar surface area (TPSA) is 60.2 Å². The SMILES string of the molecule is O=P(c1ccccc1)(c1ccccc1)c1cnc(-c2ccc3c4ccccc4n4c5ccccc5nc4c3c2)nc1. The highest BCUT2D eigenvalue weighted by atomic mass is 31.2. The van der Waals surface area contributed by atoms with Gasteiger partial charge in [0.05, 0.1) is 21.9 Å². The van der Waals surface area contributed by atoms with Crippen molar-refractivity contribution in [3.63, 3.8) is 0 Å². The zero-order chi connectivity index (χ0) is 27.4. The van der Waals surface area contributed by atoms with E-state index in [0.29, 0.717) is 11.1 Å². The first kappa shape index (κ1) is 23.7. The molecule has 3 heterocycles. The quantitative estimate of drug-likeness (QED) is 0.178. The predicted octanol–water partition coefficient (Wildman–Crippen LogP) is 6.89. The molecule has 0 aliphatic heterocycles. The van der Waals surface area contributed by atoms with Crippen molar-refractivity contribution in [2.24, 2.45) is 0 Å². The summed E-state index contributed by atoms with van der Waals surface area (Å²) in [5.74, 6) is 0.575. The second-order valence-corrected chi connectivity index (χ2v) is 12.9. The summed E-state index contributed by atoms with van der Waals surface area (Å²) < 4.78 is 16.9. The number of aromatic nitrogens is 4. The summed E-state index contributed by atoms with van der Waals surface area (Å²) in [6.07, 6.45) is 3.43. The molecule has 8 rings (SSSR count). The van der Waals surface area contributed by atoms with Gasteiger partial charge in [-0.05, 0) is 29.7 Å². The summed E-state index contributed by atoms with van der Waals surface area (Å²) in [6, 6.07) is 42.1. The highest BCUT2D eigenvalue weighted by molar-refractivity contribution is 7.85. The molecule has 0 amide bonds. The number of pyridine rings is 1. The van der Waals surface area contributed by atoms with Crippen molar-refractivity contribution in [2.75, 3.05) is 0 Å². The molecule has 0 N–H and O–H groups in total. The first-order valence-electron chi connectivity index (χ1n) is 13.5. The molecule has 8 aromatic rings. The van der Waals surface area contributed by atoms with E-state index in [1.54, 1.807) is 12.4 Å². The molecular formula is C35H23N4OP. The van der Waals surface area contributed by atoms with Crippen LogP contribution in [-0.2, 0) is 4.57 Å². The fourth-order valence-electron chi connectivity index (χ4n) is 5.81.